The number of hydrogen-bond acceptors (Lipinski definition) is 3. The number of nitrogens with zero attached hydrogens (tertiary/aromatic N) is 1. The molecule has 66 valence electrons. The molecular formula is C7H11N3O2. The molecule has 1 aromatic heterocycles. The first-order valence-corrected chi connectivity index (χ1v) is 3.65. The number of H-pyrrole nitrogens is 1. The Bertz CT molecular complexity index is 363. The largest absolute Gasteiger partial charge is 0.328 e. The third-order valence-electron chi connectivity index (χ3n) is 1.38. The van der Waals surface area contributed by atoms with Gasteiger partial charge in [0.05, 0.1) is 0 Å². The van der Waals surface area contributed by atoms with Gasteiger partial charge in [0.25, 0.3) is 5.56 Å². The van der Waals surface area contributed by atoms with Gasteiger partial charge in [0, 0.05) is 24.8 Å². The molecule has 0 bridgehead atoms. The zero-order valence-corrected chi connectivity index (χ0v) is 6.78. The summed E-state index contributed by atoms with van der Waals surface area (Å²) in [6.07, 6.45) is 1.44. The summed E-state index contributed by atoms with van der Waals surface area (Å²) >= 11 is 0. The van der Waals surface area contributed by atoms with Crippen molar-refractivity contribution < 1.29 is 0 Å². The summed E-state index contributed by atoms with van der Waals surface area (Å²) in [5.74, 6) is 0. The quantitative estimate of drug-likeness (QED) is 0.588. The van der Waals surface area contributed by atoms with Crippen molar-refractivity contribution >= 4 is 0 Å². The summed E-state index contributed by atoms with van der Waals surface area (Å²) in [5.41, 5.74) is 4.67. The monoisotopic (exact) mass is 169 g/mol. The van der Waals surface area contributed by atoms with Crippen LogP contribution in [0.3, 0.4) is 0 Å². The van der Waals surface area contributed by atoms with E-state index < -0.39 is 5.69 Å². The van der Waals surface area contributed by atoms with Crippen molar-refractivity contribution in [1.82, 2.24) is 9.55 Å². The zero-order valence-electron chi connectivity index (χ0n) is 6.78. The van der Waals surface area contributed by atoms with Gasteiger partial charge in [-0.05, 0) is 6.92 Å². The number of aromatic nitrogens is 2. The summed E-state index contributed by atoms with van der Waals surface area (Å²) in [7, 11) is 0. The van der Waals surface area contributed by atoms with Crippen molar-refractivity contribution in [3.05, 3.63) is 33.1 Å². The fourth-order valence-corrected chi connectivity index (χ4v) is 0.898. The van der Waals surface area contributed by atoms with Crippen molar-refractivity contribution in [2.45, 2.75) is 19.5 Å². The summed E-state index contributed by atoms with van der Waals surface area (Å²) < 4.78 is 1.37. The molecule has 1 atom stereocenters. The van der Waals surface area contributed by atoms with Crippen molar-refractivity contribution in [2.75, 3.05) is 0 Å². The van der Waals surface area contributed by atoms with Gasteiger partial charge >= 0.3 is 5.69 Å². The second-order valence-corrected chi connectivity index (χ2v) is 2.74. The minimum Gasteiger partial charge on any atom is -0.326 e. The van der Waals surface area contributed by atoms with Gasteiger partial charge in [-0.25, -0.2) is 4.79 Å². The second-order valence-electron chi connectivity index (χ2n) is 2.74. The molecule has 1 unspecified atom stereocenters. The highest BCUT2D eigenvalue weighted by Gasteiger charge is 1.98. The Balaban J connectivity index is 3.02. The first-order valence-electron chi connectivity index (χ1n) is 3.65. The molecule has 0 saturated heterocycles. The first-order chi connectivity index (χ1) is 5.59. The van der Waals surface area contributed by atoms with Crippen LogP contribution in [0.5, 0.6) is 0 Å². The van der Waals surface area contributed by atoms with Crippen LogP contribution >= 0.6 is 0 Å². The maximum Gasteiger partial charge on any atom is 0.328 e. The number of aromatic amines is 1. The van der Waals surface area contributed by atoms with E-state index in [-0.39, 0.29) is 11.6 Å². The first kappa shape index (κ1) is 8.73. The van der Waals surface area contributed by atoms with E-state index in [0.717, 1.165) is 0 Å². The molecule has 0 aliphatic rings. The summed E-state index contributed by atoms with van der Waals surface area (Å²) in [6, 6.07) is 1.19. The molecule has 0 aliphatic heterocycles. The van der Waals surface area contributed by atoms with Crippen LogP contribution in [0.25, 0.3) is 0 Å². The third kappa shape index (κ3) is 2.06. The van der Waals surface area contributed by atoms with Crippen LogP contribution in [-0.2, 0) is 6.54 Å². The highest BCUT2D eigenvalue weighted by molar-refractivity contribution is 4.82. The van der Waals surface area contributed by atoms with E-state index in [1.54, 1.807) is 6.92 Å². The maximum atomic E-state index is 11.0. The molecule has 1 rings (SSSR count). The van der Waals surface area contributed by atoms with E-state index in [1.165, 1.54) is 16.8 Å². The van der Waals surface area contributed by atoms with E-state index in [2.05, 4.69) is 4.98 Å². The third-order valence-corrected chi connectivity index (χ3v) is 1.38. The van der Waals surface area contributed by atoms with E-state index in [0.29, 0.717) is 6.54 Å². The fraction of sp³-hybridized carbons (Fsp3) is 0.429. The standard InChI is InChI=1S/C7H11N3O2/c1-5(8)4-10-3-2-6(11)9-7(10)12/h2-3,5H,4,8H2,1H3,(H,9,11,12). The number of hydrogen-bond donors (Lipinski definition) is 2. The average molecular weight is 169 g/mol. The summed E-state index contributed by atoms with van der Waals surface area (Å²) in [6.45, 7) is 2.20. The highest BCUT2D eigenvalue weighted by Crippen LogP contribution is 1.80. The van der Waals surface area contributed by atoms with Crippen molar-refractivity contribution in [2.24, 2.45) is 5.73 Å². The lowest BCUT2D eigenvalue weighted by molar-refractivity contribution is 0.561. The van der Waals surface area contributed by atoms with Crippen molar-refractivity contribution in [3.8, 4) is 0 Å². The van der Waals surface area contributed by atoms with Crippen molar-refractivity contribution in [1.29, 1.82) is 0 Å². The van der Waals surface area contributed by atoms with Crippen LogP contribution in [0.1, 0.15) is 6.92 Å². The minimum absolute atomic E-state index is 0.103. The molecule has 5 heteroatoms. The van der Waals surface area contributed by atoms with E-state index in [1.807, 2.05) is 0 Å². The SMILES string of the molecule is CC(N)Cn1ccc(=O)[nH]c1=O. The molecule has 0 radical (unpaired) electrons. The minimum atomic E-state index is -0.417. The second kappa shape index (κ2) is 3.36. The van der Waals surface area contributed by atoms with Crippen LogP contribution in [-0.4, -0.2) is 15.6 Å². The molecule has 0 aliphatic carbocycles. The Kier molecular flexibility index (Phi) is 2.44. The molecule has 0 aromatic carbocycles. The normalized spacial score (nSPS) is 12.8. The van der Waals surface area contributed by atoms with Gasteiger partial charge in [0.15, 0.2) is 0 Å². The Morgan fingerprint density at radius 3 is 2.83 bits per heavy atom. The van der Waals surface area contributed by atoms with E-state index >= 15 is 0 Å². The Morgan fingerprint density at radius 2 is 2.33 bits per heavy atom. The van der Waals surface area contributed by atoms with Crippen LogP contribution in [0.4, 0.5) is 0 Å². The Morgan fingerprint density at radius 1 is 1.67 bits per heavy atom. The van der Waals surface area contributed by atoms with Crippen LogP contribution in [0.2, 0.25) is 0 Å². The molecule has 0 spiro atoms. The fourth-order valence-electron chi connectivity index (χ4n) is 0.898. The number of nitrogens with one attached hydrogen (secondary N) is 1. The zero-order chi connectivity index (χ0) is 9.14. The number of rotatable bonds is 2. The van der Waals surface area contributed by atoms with E-state index in [9.17, 15) is 9.59 Å². The summed E-state index contributed by atoms with van der Waals surface area (Å²) in [4.78, 5) is 23.8. The highest BCUT2D eigenvalue weighted by atomic mass is 16.2. The smallest absolute Gasteiger partial charge is 0.326 e. The number of nitrogens with two attached hydrogens (primary N) is 1. The maximum absolute atomic E-state index is 11.0. The van der Waals surface area contributed by atoms with Crippen molar-refractivity contribution in [3.63, 3.8) is 0 Å². The molecule has 0 saturated carbocycles. The lowest BCUT2D eigenvalue weighted by Gasteiger charge is -2.06. The molecule has 0 fully saturated rings. The molecule has 3 N–H and O–H groups in total. The van der Waals surface area contributed by atoms with Gasteiger partial charge in [0.2, 0.25) is 0 Å². The van der Waals surface area contributed by atoms with E-state index in [4.69, 9.17) is 5.73 Å². The summed E-state index contributed by atoms with van der Waals surface area (Å²) in [5, 5.41) is 0. The van der Waals surface area contributed by atoms with Crippen LogP contribution in [0, 0.1) is 0 Å². The predicted molar refractivity (Wildman–Crippen MR) is 45.0 cm³/mol. The molecule has 1 aromatic rings. The molecule has 5 nitrogen and oxygen atoms in total. The Hall–Kier alpha value is -1.36. The van der Waals surface area contributed by atoms with Gasteiger partial charge in [-0.2, -0.15) is 0 Å². The van der Waals surface area contributed by atoms with Gasteiger partial charge in [-0.1, -0.05) is 0 Å². The van der Waals surface area contributed by atoms with Gasteiger partial charge < -0.3 is 5.73 Å². The predicted octanol–water partition coefficient (Wildman–Crippen LogP) is -1.12. The average Bonchev–Trinajstić information content (AvgIpc) is 1.94. The lowest BCUT2D eigenvalue weighted by Crippen LogP contribution is -2.34. The topological polar surface area (TPSA) is 80.9 Å². The van der Waals surface area contributed by atoms with Gasteiger partial charge in [0.1, 0.15) is 0 Å². The Labute approximate surface area is 68.8 Å². The lowest BCUT2D eigenvalue weighted by atomic mass is 10.3. The molecule has 0 amide bonds. The van der Waals surface area contributed by atoms with Gasteiger partial charge in [-0.3, -0.25) is 14.3 Å². The van der Waals surface area contributed by atoms with Gasteiger partial charge in [-0.15, -0.1) is 0 Å². The van der Waals surface area contributed by atoms with Crippen LogP contribution in [0.15, 0.2) is 21.9 Å². The molecule has 12 heavy (non-hydrogen) atoms. The van der Waals surface area contributed by atoms with Crippen LogP contribution < -0.4 is 17.0 Å². The molecular weight excluding hydrogens is 158 g/mol. The molecule has 1 heterocycles.